The second kappa shape index (κ2) is 7.87. The van der Waals surface area contributed by atoms with Gasteiger partial charge in [0.05, 0.1) is 12.4 Å². The van der Waals surface area contributed by atoms with Crippen LogP contribution in [0, 0.1) is 5.82 Å². The first kappa shape index (κ1) is 16.4. The molecule has 1 aliphatic rings. The third kappa shape index (κ3) is 4.49. The fraction of sp³-hybridized carbons (Fsp3) is 0.600. The van der Waals surface area contributed by atoms with Crippen molar-refractivity contribution in [1.29, 1.82) is 0 Å². The van der Waals surface area contributed by atoms with E-state index in [1.807, 2.05) is 0 Å². The van der Waals surface area contributed by atoms with Crippen molar-refractivity contribution in [1.82, 2.24) is 4.90 Å². The molecule has 6 heteroatoms. The average molecular weight is 315 g/mol. The van der Waals surface area contributed by atoms with Crippen molar-refractivity contribution < 1.29 is 17.5 Å². The number of likely N-dealkylation sites (tertiary alicyclic amines) is 1. The van der Waals surface area contributed by atoms with Crippen LogP contribution in [0.15, 0.2) is 18.2 Å². The van der Waals surface area contributed by atoms with E-state index < -0.39 is 10.7 Å². The van der Waals surface area contributed by atoms with E-state index in [1.165, 1.54) is 0 Å². The number of ether oxygens (including phenoxy) is 1. The number of hydrogen-bond donors (Lipinski definition) is 1. The Bertz CT molecular complexity index is 532. The summed E-state index contributed by atoms with van der Waals surface area (Å²) < 4.78 is 41.1. The summed E-state index contributed by atoms with van der Waals surface area (Å²) in [6, 6.07) is 5.09. The van der Waals surface area contributed by atoms with Crippen LogP contribution in [0.4, 0.5) is 4.39 Å². The number of halogens is 1. The average Bonchev–Trinajstić information content (AvgIpc) is 2.47. The molecule has 118 valence electrons. The number of thiol groups is 1. The van der Waals surface area contributed by atoms with Gasteiger partial charge in [0.1, 0.15) is 16.5 Å². The zero-order valence-corrected chi connectivity index (χ0v) is 13.2. The van der Waals surface area contributed by atoms with Crippen molar-refractivity contribution in [3.8, 4) is 0 Å². The lowest BCUT2D eigenvalue weighted by Gasteiger charge is -2.32. The van der Waals surface area contributed by atoms with E-state index in [-0.39, 0.29) is 23.1 Å². The Morgan fingerprint density at radius 3 is 2.67 bits per heavy atom. The molecule has 1 fully saturated rings. The smallest absolute Gasteiger partial charge is 0.144 e. The molecule has 0 bridgehead atoms. The lowest BCUT2D eigenvalue weighted by molar-refractivity contribution is 0.130. The van der Waals surface area contributed by atoms with Crippen LogP contribution in [0.1, 0.15) is 29.9 Å². The van der Waals surface area contributed by atoms with Gasteiger partial charge < -0.3 is 9.64 Å². The Kier molecular flexibility index (Phi) is 6.14. The third-order valence-corrected chi connectivity index (χ3v) is 4.65. The Balaban J connectivity index is 2.03. The van der Waals surface area contributed by atoms with Crippen molar-refractivity contribution in [2.24, 2.45) is 0 Å². The maximum atomic E-state index is 14.4. The van der Waals surface area contributed by atoms with Gasteiger partial charge in [-0.1, -0.05) is 18.2 Å². The van der Waals surface area contributed by atoms with Crippen molar-refractivity contribution in [3.63, 3.8) is 0 Å². The lowest BCUT2D eigenvalue weighted by atomic mass is 9.88. The van der Waals surface area contributed by atoms with Crippen LogP contribution in [-0.4, -0.2) is 46.7 Å². The van der Waals surface area contributed by atoms with Gasteiger partial charge in [-0.3, -0.25) is 0 Å². The molecular formula is C15H22FNO3S. The first-order chi connectivity index (χ1) is 10.1. The van der Waals surface area contributed by atoms with Gasteiger partial charge in [-0.05, 0) is 37.4 Å². The Hall–Kier alpha value is -0.980. The summed E-state index contributed by atoms with van der Waals surface area (Å²) in [5, 5.41) is 0. The molecule has 4 nitrogen and oxygen atoms in total. The summed E-state index contributed by atoms with van der Waals surface area (Å²) in [5.41, 5.74) is 0.946. The third-order valence-electron chi connectivity index (χ3n) is 4.05. The van der Waals surface area contributed by atoms with Crippen molar-refractivity contribution >= 4 is 10.7 Å². The number of nitrogens with zero attached hydrogens (tertiary/aromatic N) is 1. The monoisotopic (exact) mass is 315 g/mol. The molecule has 1 heterocycles. The minimum absolute atomic E-state index is 0.174. The SMILES string of the molecule is COCCN1CCC(c2cccc(C[SH](=O)=O)c2F)CC1. The van der Waals surface area contributed by atoms with Crippen molar-refractivity contribution in [2.45, 2.75) is 24.5 Å². The van der Waals surface area contributed by atoms with Gasteiger partial charge >= 0.3 is 0 Å². The minimum Gasteiger partial charge on any atom is -0.383 e. The van der Waals surface area contributed by atoms with Crippen LogP contribution in [0.2, 0.25) is 0 Å². The second-order valence-corrected chi connectivity index (χ2v) is 6.40. The van der Waals surface area contributed by atoms with Crippen molar-refractivity contribution in [2.75, 3.05) is 33.4 Å². The molecule has 0 atom stereocenters. The number of rotatable bonds is 6. The largest absolute Gasteiger partial charge is 0.383 e. The first-order valence-corrected chi connectivity index (χ1v) is 8.58. The predicted octanol–water partition coefficient (Wildman–Crippen LogP) is 1.76. The summed E-state index contributed by atoms with van der Waals surface area (Å²) in [4.78, 5) is 2.32. The highest BCUT2D eigenvalue weighted by atomic mass is 32.2. The summed E-state index contributed by atoms with van der Waals surface area (Å²) in [6.07, 6.45) is 1.79. The van der Waals surface area contributed by atoms with E-state index in [9.17, 15) is 12.8 Å². The molecule has 0 amide bonds. The molecule has 0 unspecified atom stereocenters. The van der Waals surface area contributed by atoms with E-state index in [1.54, 1.807) is 25.3 Å². The Morgan fingerprint density at radius 2 is 2.05 bits per heavy atom. The van der Waals surface area contributed by atoms with Gasteiger partial charge in [-0.25, -0.2) is 12.8 Å². The fourth-order valence-corrected chi connectivity index (χ4v) is 3.39. The normalized spacial score (nSPS) is 17.5. The minimum atomic E-state index is -2.60. The van der Waals surface area contributed by atoms with Crippen LogP contribution in [-0.2, 0) is 21.2 Å². The fourth-order valence-electron chi connectivity index (χ4n) is 2.86. The van der Waals surface area contributed by atoms with Gasteiger partial charge in [0.2, 0.25) is 0 Å². The molecule has 0 aromatic heterocycles. The van der Waals surface area contributed by atoms with Crippen LogP contribution in [0.5, 0.6) is 0 Å². The van der Waals surface area contributed by atoms with Gasteiger partial charge in [-0.15, -0.1) is 0 Å². The highest BCUT2D eigenvalue weighted by molar-refractivity contribution is 7.71. The molecule has 1 aromatic carbocycles. The maximum absolute atomic E-state index is 14.4. The topological polar surface area (TPSA) is 46.6 Å². The maximum Gasteiger partial charge on any atom is 0.144 e. The van der Waals surface area contributed by atoms with Gasteiger partial charge in [-0.2, -0.15) is 0 Å². The zero-order valence-electron chi connectivity index (χ0n) is 12.3. The highest BCUT2D eigenvalue weighted by Gasteiger charge is 2.23. The van der Waals surface area contributed by atoms with Gasteiger partial charge in [0.25, 0.3) is 0 Å². The zero-order chi connectivity index (χ0) is 15.2. The molecule has 0 radical (unpaired) electrons. The number of piperidine rings is 1. The van der Waals surface area contributed by atoms with Gasteiger partial charge in [0.15, 0.2) is 0 Å². The molecule has 1 saturated heterocycles. The number of hydrogen-bond acceptors (Lipinski definition) is 4. The number of methoxy groups -OCH3 is 1. The second-order valence-electron chi connectivity index (χ2n) is 5.42. The van der Waals surface area contributed by atoms with Crippen LogP contribution < -0.4 is 0 Å². The molecule has 0 saturated carbocycles. The molecule has 2 rings (SSSR count). The molecule has 0 N–H and O–H groups in total. The molecular weight excluding hydrogens is 293 g/mol. The first-order valence-electron chi connectivity index (χ1n) is 7.22. The standard InChI is InChI=1S/C15H22FNO3S/c1-20-10-9-17-7-5-12(6-8-17)14-4-2-3-13(15(14)16)11-21(18)19/h2-4,12,21H,5-11H2,1H3. The van der Waals surface area contributed by atoms with Crippen molar-refractivity contribution in [3.05, 3.63) is 35.1 Å². The molecule has 0 aliphatic carbocycles. The van der Waals surface area contributed by atoms with Crippen LogP contribution in [0.25, 0.3) is 0 Å². The van der Waals surface area contributed by atoms with Crippen LogP contribution in [0.3, 0.4) is 0 Å². The van der Waals surface area contributed by atoms with E-state index in [0.29, 0.717) is 12.2 Å². The predicted molar refractivity (Wildman–Crippen MR) is 80.7 cm³/mol. The van der Waals surface area contributed by atoms with Crippen LogP contribution >= 0.6 is 0 Å². The molecule has 1 aromatic rings. The van der Waals surface area contributed by atoms with E-state index >= 15 is 0 Å². The van der Waals surface area contributed by atoms with E-state index in [4.69, 9.17) is 4.74 Å². The summed E-state index contributed by atoms with van der Waals surface area (Å²) in [5.74, 6) is -0.387. The molecule has 21 heavy (non-hydrogen) atoms. The summed E-state index contributed by atoms with van der Waals surface area (Å²) in [7, 11) is -0.910. The quantitative estimate of drug-likeness (QED) is 0.813. The molecule has 0 spiro atoms. The Labute approximate surface area is 126 Å². The summed E-state index contributed by atoms with van der Waals surface area (Å²) in [6.45, 7) is 3.47. The van der Waals surface area contributed by atoms with E-state index in [2.05, 4.69) is 4.90 Å². The number of benzene rings is 1. The summed E-state index contributed by atoms with van der Waals surface area (Å²) >= 11 is 0. The van der Waals surface area contributed by atoms with E-state index in [0.717, 1.165) is 32.5 Å². The molecule has 1 aliphatic heterocycles. The Morgan fingerprint density at radius 1 is 1.33 bits per heavy atom. The van der Waals surface area contributed by atoms with Gasteiger partial charge in [0, 0.05) is 19.2 Å². The lowest BCUT2D eigenvalue weighted by Crippen LogP contribution is -2.35. The highest BCUT2D eigenvalue weighted by Crippen LogP contribution is 2.31.